The van der Waals surface area contributed by atoms with E-state index in [-0.39, 0.29) is 25.7 Å². The van der Waals surface area contributed by atoms with Gasteiger partial charge in [-0.15, -0.1) is 11.3 Å². The van der Waals surface area contributed by atoms with Crippen LogP contribution in [0.15, 0.2) is 35.3 Å². The lowest BCUT2D eigenvalue weighted by Crippen LogP contribution is -2.47. The molecular formula is C17H20N4S. The molecule has 22 heavy (non-hydrogen) atoms. The summed E-state index contributed by atoms with van der Waals surface area (Å²) in [5.41, 5.74) is 0.692. The highest BCUT2D eigenvalue weighted by Gasteiger charge is 2.20. The Balaban J connectivity index is 2.12. The van der Waals surface area contributed by atoms with Gasteiger partial charge in [0.1, 0.15) is 10.5 Å². The van der Waals surface area contributed by atoms with Crippen molar-refractivity contribution in [3.63, 3.8) is 0 Å². The van der Waals surface area contributed by atoms with E-state index in [0.717, 1.165) is 11.3 Å². The molecule has 1 N–H and O–H groups in total. The number of nitrogens with zero attached hydrogens (tertiary/aromatic N) is 3. The molecule has 1 saturated heterocycles. The van der Waals surface area contributed by atoms with Crippen molar-refractivity contribution in [2.24, 2.45) is 4.99 Å². The fraction of sp³-hybridized carbons (Fsp3) is 0.353. The minimum atomic E-state index is -3.53. The van der Waals surface area contributed by atoms with Crippen LogP contribution >= 0.6 is 11.3 Å². The van der Waals surface area contributed by atoms with E-state index in [9.17, 15) is 0 Å². The molecular weight excluding hydrogens is 292 g/mol. The molecule has 1 aromatic heterocycles. The second-order valence-electron chi connectivity index (χ2n) is 4.68. The molecule has 2 aliphatic rings. The molecule has 114 valence electrons. The molecule has 2 aliphatic heterocycles. The quantitative estimate of drug-likeness (QED) is 0.867. The maximum absolute atomic E-state index is 8.61. The van der Waals surface area contributed by atoms with Crippen LogP contribution in [0, 0.1) is 6.92 Å². The van der Waals surface area contributed by atoms with Crippen molar-refractivity contribution in [2.75, 3.05) is 38.3 Å². The van der Waals surface area contributed by atoms with Crippen LogP contribution in [0.2, 0.25) is 0 Å². The highest BCUT2D eigenvalue weighted by molar-refractivity contribution is 7.09. The van der Waals surface area contributed by atoms with Crippen molar-refractivity contribution < 1.29 is 16.4 Å². The van der Waals surface area contributed by atoms with Gasteiger partial charge in [0.25, 0.3) is 0 Å². The van der Waals surface area contributed by atoms with E-state index in [1.54, 1.807) is 31.2 Å². The SMILES string of the molecule is [2H]c1c(C)sc2c1=C(N1C([2H])([2H])C([2H])([2H])N(C([2H])([2H])[2H])C([2H])([2H])C1([2H])[2H])Nc1ccccc1N=2. The zero-order valence-corrected chi connectivity index (χ0v) is 12.4. The molecule has 3 heterocycles. The number of thiophene rings is 1. The normalized spacial score (nSPS) is 35.9. The topological polar surface area (TPSA) is 30.9 Å². The second-order valence-corrected chi connectivity index (χ2v) is 5.89. The Kier molecular flexibility index (Phi) is 1.47. The smallest absolute Gasteiger partial charge is 0.127 e. The number of benzene rings is 1. The summed E-state index contributed by atoms with van der Waals surface area (Å²) in [6.07, 6.45) is 0. The Morgan fingerprint density at radius 3 is 2.95 bits per heavy atom. The first kappa shape index (κ1) is 5.98. The van der Waals surface area contributed by atoms with Gasteiger partial charge in [-0.1, -0.05) is 12.1 Å². The van der Waals surface area contributed by atoms with E-state index in [4.69, 9.17) is 16.4 Å². The highest BCUT2D eigenvalue weighted by Crippen LogP contribution is 2.27. The zero-order valence-electron chi connectivity index (χ0n) is 23.6. The van der Waals surface area contributed by atoms with E-state index < -0.39 is 38.8 Å². The van der Waals surface area contributed by atoms with Gasteiger partial charge in [0, 0.05) is 40.5 Å². The average molecular weight is 325 g/mol. The number of hydrogen-bond donors (Lipinski definition) is 1. The molecule has 1 aromatic carbocycles. The highest BCUT2D eigenvalue weighted by atomic mass is 32.1. The van der Waals surface area contributed by atoms with Gasteiger partial charge in [-0.05, 0) is 32.1 Å². The van der Waals surface area contributed by atoms with Gasteiger partial charge in [0.15, 0.2) is 0 Å². The number of rotatable bonds is 1. The summed E-state index contributed by atoms with van der Waals surface area (Å²) in [6.45, 7) is -15.8. The summed E-state index contributed by atoms with van der Waals surface area (Å²) in [5, 5.41) is 2.80. The van der Waals surface area contributed by atoms with E-state index in [1.165, 1.54) is 0 Å². The number of fused-ring (bicyclic) bond motifs is 2. The summed E-state index contributed by atoms with van der Waals surface area (Å²) in [4.78, 5) is 4.84. The Morgan fingerprint density at radius 2 is 2.14 bits per heavy atom. The summed E-state index contributed by atoms with van der Waals surface area (Å²) >= 11 is 1.09. The molecule has 0 unspecified atom stereocenters. The number of hydrogen-bond acceptors (Lipinski definition) is 5. The number of likely N-dealkylation sites (N-methyl/N-ethyl adjacent to an activating group) is 1. The van der Waals surface area contributed by atoms with Crippen LogP contribution in [0.1, 0.15) is 21.3 Å². The number of para-hydroxylation sites is 2. The van der Waals surface area contributed by atoms with Crippen LogP contribution in [0.3, 0.4) is 0 Å². The van der Waals surface area contributed by atoms with Crippen molar-refractivity contribution in [1.29, 1.82) is 0 Å². The second kappa shape index (κ2) is 5.41. The van der Waals surface area contributed by atoms with Gasteiger partial charge < -0.3 is 15.1 Å². The molecule has 4 rings (SSSR count). The minimum Gasteiger partial charge on any atom is -0.355 e. The number of aryl methyl sites for hydroxylation is 1. The first-order valence-corrected chi connectivity index (χ1v) is 7.34. The molecule has 0 saturated carbocycles. The third-order valence-corrected chi connectivity index (χ3v) is 4.05. The largest absolute Gasteiger partial charge is 0.355 e. The zero-order chi connectivity index (χ0) is 25.6. The fourth-order valence-electron chi connectivity index (χ4n) is 2.20. The third kappa shape index (κ3) is 2.40. The van der Waals surface area contributed by atoms with Crippen LogP contribution in [0.4, 0.5) is 11.4 Å². The van der Waals surface area contributed by atoms with E-state index in [2.05, 4.69) is 10.3 Å². The van der Waals surface area contributed by atoms with Crippen LogP contribution in [0.5, 0.6) is 0 Å². The molecule has 4 nitrogen and oxygen atoms in total. The number of nitrogens with one attached hydrogen (secondary N) is 1. The molecule has 0 atom stereocenters. The minimum absolute atomic E-state index is 0.0413. The Hall–Kier alpha value is -1.85. The average Bonchev–Trinajstić information content (AvgIpc) is 2.83. The van der Waals surface area contributed by atoms with E-state index >= 15 is 0 Å². The van der Waals surface area contributed by atoms with E-state index in [0.29, 0.717) is 16.3 Å². The Morgan fingerprint density at radius 1 is 1.32 bits per heavy atom. The van der Waals surface area contributed by atoms with Crippen molar-refractivity contribution >= 4 is 28.5 Å². The van der Waals surface area contributed by atoms with Crippen LogP contribution in [-0.4, -0.2) is 42.8 Å². The molecule has 0 spiro atoms. The van der Waals surface area contributed by atoms with Crippen LogP contribution in [-0.2, 0) is 0 Å². The Labute approximate surface area is 151 Å². The molecule has 5 heteroatoms. The molecule has 1 fully saturated rings. The number of anilines is 1. The first-order chi connectivity index (χ1) is 15.4. The van der Waals surface area contributed by atoms with Gasteiger partial charge in [-0.3, -0.25) is 0 Å². The Bertz CT molecular complexity index is 1250. The standard InChI is InChI=1S/C17H20N4S/c1-12-11-13-16(21-9-7-20(2)8-10-21)18-14-5-3-4-6-15(14)19-17(13)22-12/h3-6,11,18H,7-10H2,1-2H3/i2D3,7D2,8D2,9D2,10D2,11D. The predicted molar refractivity (Wildman–Crippen MR) is 92.0 cm³/mol. The van der Waals surface area contributed by atoms with Crippen LogP contribution in [0.25, 0.3) is 5.82 Å². The van der Waals surface area contributed by atoms with Crippen molar-refractivity contribution in [3.8, 4) is 0 Å². The lowest BCUT2D eigenvalue weighted by atomic mass is 10.2. The lowest BCUT2D eigenvalue weighted by molar-refractivity contribution is 0.206. The number of piperazine rings is 1. The predicted octanol–water partition coefficient (Wildman–Crippen LogP) is 1.75. The van der Waals surface area contributed by atoms with Gasteiger partial charge in [0.2, 0.25) is 0 Å². The summed E-state index contributed by atoms with van der Waals surface area (Å²) in [7, 11) is 0. The fourth-order valence-corrected chi connectivity index (χ4v) is 3.04. The first-order valence-electron chi connectivity index (χ1n) is 12.5. The van der Waals surface area contributed by atoms with Gasteiger partial charge in [0.05, 0.1) is 23.4 Å². The third-order valence-electron chi connectivity index (χ3n) is 3.15. The van der Waals surface area contributed by atoms with Gasteiger partial charge in [-0.25, -0.2) is 4.99 Å². The summed E-state index contributed by atoms with van der Waals surface area (Å²) in [5.74, 6) is -0.425. The molecule has 0 amide bonds. The van der Waals surface area contributed by atoms with Gasteiger partial charge in [-0.2, -0.15) is 0 Å². The maximum atomic E-state index is 8.61. The molecule has 0 aliphatic carbocycles. The maximum Gasteiger partial charge on any atom is 0.127 e. The van der Waals surface area contributed by atoms with Gasteiger partial charge >= 0.3 is 0 Å². The van der Waals surface area contributed by atoms with Crippen molar-refractivity contribution in [1.82, 2.24) is 9.80 Å². The molecule has 2 aromatic rings. The lowest BCUT2D eigenvalue weighted by Gasteiger charge is -2.35. The van der Waals surface area contributed by atoms with Crippen molar-refractivity contribution in [2.45, 2.75) is 6.92 Å². The van der Waals surface area contributed by atoms with E-state index in [1.807, 2.05) is 0 Å². The summed E-state index contributed by atoms with van der Waals surface area (Å²) in [6, 6.07) is 6.42. The van der Waals surface area contributed by atoms with Crippen LogP contribution < -0.4 is 15.2 Å². The molecule has 0 radical (unpaired) electrons. The molecule has 0 bridgehead atoms. The summed E-state index contributed by atoms with van der Waals surface area (Å²) < 4.78 is 99.6. The van der Waals surface area contributed by atoms with Crippen molar-refractivity contribution in [3.05, 3.63) is 45.1 Å². The monoisotopic (exact) mass is 324 g/mol.